The monoisotopic (exact) mass is 350 g/mol. The highest BCUT2D eigenvalue weighted by Gasteiger charge is 2.37. The molecule has 0 aliphatic carbocycles. The Bertz CT molecular complexity index is 627. The molecule has 1 saturated heterocycles. The van der Waals surface area contributed by atoms with Crippen molar-refractivity contribution in [1.29, 1.82) is 0 Å². The van der Waals surface area contributed by atoms with Crippen LogP contribution in [0.3, 0.4) is 0 Å². The molecule has 1 fully saturated rings. The number of piperazine rings is 1. The molecule has 2 heterocycles. The Morgan fingerprint density at radius 1 is 1.25 bits per heavy atom. The molecule has 0 saturated carbocycles. The minimum atomic E-state index is -0.201. The summed E-state index contributed by atoms with van der Waals surface area (Å²) in [4.78, 5) is 7.10. The van der Waals surface area contributed by atoms with Crippen LogP contribution in [-0.4, -0.2) is 41.7 Å². The van der Waals surface area contributed by atoms with E-state index in [-0.39, 0.29) is 23.9 Å². The van der Waals surface area contributed by atoms with Crippen LogP contribution >= 0.6 is 12.4 Å². The van der Waals surface area contributed by atoms with Crippen LogP contribution in [0.15, 0.2) is 34.9 Å². The normalized spacial score (nSPS) is 19.0. The van der Waals surface area contributed by atoms with Gasteiger partial charge >= 0.3 is 0 Å². The van der Waals surface area contributed by atoms with Gasteiger partial charge in [-0.05, 0) is 25.5 Å². The number of hydrogen-bond acceptors (Lipinski definition) is 5. The highest BCUT2D eigenvalue weighted by molar-refractivity contribution is 5.85. The van der Waals surface area contributed by atoms with Gasteiger partial charge in [-0.2, -0.15) is 4.98 Å². The fraction of sp³-hybridized carbons (Fsp3) is 0.556. The first kappa shape index (κ1) is 18.9. The predicted octanol–water partition coefficient (Wildman–Crippen LogP) is 3.17. The quantitative estimate of drug-likeness (QED) is 0.897. The molecular weight excluding hydrogens is 324 g/mol. The molecular formula is C18H27ClN4O. The Labute approximate surface area is 150 Å². The Hall–Kier alpha value is -1.43. The lowest BCUT2D eigenvalue weighted by Gasteiger charge is -2.31. The zero-order chi connectivity index (χ0) is 16.3. The number of nitrogens with one attached hydrogen (secondary N) is 1. The van der Waals surface area contributed by atoms with Gasteiger partial charge in [0.15, 0.2) is 5.82 Å². The largest absolute Gasteiger partial charge is 0.338 e. The van der Waals surface area contributed by atoms with Crippen molar-refractivity contribution in [2.75, 3.05) is 26.7 Å². The van der Waals surface area contributed by atoms with Gasteiger partial charge in [-0.1, -0.05) is 49.3 Å². The van der Waals surface area contributed by atoms with Crippen molar-refractivity contribution in [3.63, 3.8) is 0 Å². The van der Waals surface area contributed by atoms with E-state index in [2.05, 4.69) is 60.5 Å². The Kier molecular flexibility index (Phi) is 6.38. The lowest BCUT2D eigenvalue weighted by Crippen LogP contribution is -2.44. The molecule has 6 heteroatoms. The Balaban J connectivity index is 0.00000208. The first-order valence-corrected chi connectivity index (χ1v) is 8.52. The van der Waals surface area contributed by atoms with E-state index < -0.39 is 0 Å². The molecule has 0 spiro atoms. The van der Waals surface area contributed by atoms with E-state index in [1.165, 1.54) is 5.56 Å². The van der Waals surface area contributed by atoms with E-state index in [4.69, 9.17) is 9.51 Å². The summed E-state index contributed by atoms with van der Waals surface area (Å²) in [6, 6.07) is 10.7. The van der Waals surface area contributed by atoms with Crippen molar-refractivity contribution < 1.29 is 4.52 Å². The summed E-state index contributed by atoms with van der Waals surface area (Å²) in [5.41, 5.74) is 1.04. The second kappa shape index (κ2) is 8.10. The van der Waals surface area contributed by atoms with Crippen LogP contribution in [0.4, 0.5) is 0 Å². The maximum absolute atomic E-state index is 5.75. The molecule has 0 amide bonds. The fourth-order valence-electron chi connectivity index (χ4n) is 3.50. The van der Waals surface area contributed by atoms with Gasteiger partial charge in [0, 0.05) is 19.6 Å². The van der Waals surface area contributed by atoms with Crippen molar-refractivity contribution >= 4 is 12.4 Å². The third kappa shape index (κ3) is 3.34. The summed E-state index contributed by atoms with van der Waals surface area (Å²) in [5, 5.41) is 7.72. The van der Waals surface area contributed by atoms with Crippen LogP contribution in [0.25, 0.3) is 0 Å². The molecule has 0 bridgehead atoms. The second-order valence-corrected chi connectivity index (χ2v) is 6.31. The number of rotatable bonds is 5. The average molecular weight is 351 g/mol. The minimum Gasteiger partial charge on any atom is -0.338 e. The van der Waals surface area contributed by atoms with E-state index in [1.807, 2.05) is 6.07 Å². The smallest absolute Gasteiger partial charge is 0.237 e. The number of benzene rings is 1. The van der Waals surface area contributed by atoms with Gasteiger partial charge in [-0.25, -0.2) is 0 Å². The Morgan fingerprint density at radius 3 is 2.58 bits per heavy atom. The van der Waals surface area contributed by atoms with Gasteiger partial charge in [0.2, 0.25) is 5.89 Å². The first-order chi connectivity index (χ1) is 11.2. The van der Waals surface area contributed by atoms with Crippen LogP contribution in [0.1, 0.15) is 50.0 Å². The van der Waals surface area contributed by atoms with Crippen molar-refractivity contribution in [3.05, 3.63) is 47.6 Å². The van der Waals surface area contributed by atoms with Crippen LogP contribution < -0.4 is 5.32 Å². The number of hydrogen-bond donors (Lipinski definition) is 1. The van der Waals surface area contributed by atoms with Gasteiger partial charge in [-0.15, -0.1) is 12.4 Å². The zero-order valence-corrected chi connectivity index (χ0v) is 15.5. The van der Waals surface area contributed by atoms with Crippen molar-refractivity contribution in [2.45, 2.75) is 38.1 Å². The minimum absolute atomic E-state index is 0. The van der Waals surface area contributed by atoms with Crippen LogP contribution in [-0.2, 0) is 5.41 Å². The summed E-state index contributed by atoms with van der Waals surface area (Å²) in [6.45, 7) is 7.25. The van der Waals surface area contributed by atoms with Crippen LogP contribution in [0.2, 0.25) is 0 Å². The van der Waals surface area contributed by atoms with E-state index in [1.54, 1.807) is 0 Å². The molecule has 0 radical (unpaired) electrons. The topological polar surface area (TPSA) is 54.2 Å². The fourth-order valence-corrected chi connectivity index (χ4v) is 3.50. The molecule has 24 heavy (non-hydrogen) atoms. The van der Waals surface area contributed by atoms with Gasteiger partial charge in [-0.3, -0.25) is 4.90 Å². The molecule has 5 nitrogen and oxygen atoms in total. The first-order valence-electron chi connectivity index (χ1n) is 8.52. The van der Waals surface area contributed by atoms with Gasteiger partial charge < -0.3 is 9.84 Å². The molecule has 1 aromatic heterocycles. The lowest BCUT2D eigenvalue weighted by molar-refractivity contribution is 0.190. The predicted molar refractivity (Wildman–Crippen MR) is 97.6 cm³/mol. The standard InChI is InChI=1S/C18H26N4O.ClH/c1-4-18(5-2,14-9-7-6-8-10-14)17-20-16(21-23-17)15-13-19-11-12-22(15)3;/h6-10,15,19H,4-5,11-13H2,1-3H3;1H. The van der Waals surface area contributed by atoms with Gasteiger partial charge in [0.05, 0.1) is 11.5 Å². The SMILES string of the molecule is CCC(CC)(c1ccccc1)c1nc(C2CNCCN2C)no1.Cl. The maximum atomic E-state index is 5.75. The summed E-state index contributed by atoms with van der Waals surface area (Å²) < 4.78 is 5.75. The maximum Gasteiger partial charge on any atom is 0.237 e. The molecule has 1 aromatic carbocycles. The molecule has 1 atom stereocenters. The van der Waals surface area contributed by atoms with Gasteiger partial charge in [0.1, 0.15) is 0 Å². The molecule has 3 rings (SSSR count). The van der Waals surface area contributed by atoms with Crippen molar-refractivity contribution in [2.24, 2.45) is 0 Å². The highest BCUT2D eigenvalue weighted by atomic mass is 35.5. The molecule has 1 aliphatic rings. The highest BCUT2D eigenvalue weighted by Crippen LogP contribution is 2.38. The summed E-state index contributed by atoms with van der Waals surface area (Å²) in [7, 11) is 2.12. The van der Waals surface area contributed by atoms with E-state index in [0.717, 1.165) is 44.2 Å². The number of nitrogens with zero attached hydrogens (tertiary/aromatic N) is 3. The summed E-state index contributed by atoms with van der Waals surface area (Å²) in [6.07, 6.45) is 1.88. The van der Waals surface area contributed by atoms with Crippen molar-refractivity contribution in [3.8, 4) is 0 Å². The molecule has 1 aliphatic heterocycles. The van der Waals surface area contributed by atoms with Crippen LogP contribution in [0, 0.1) is 0 Å². The Morgan fingerprint density at radius 2 is 1.96 bits per heavy atom. The third-order valence-corrected chi connectivity index (χ3v) is 5.19. The number of aromatic nitrogens is 2. The van der Waals surface area contributed by atoms with E-state index in [0.29, 0.717) is 0 Å². The summed E-state index contributed by atoms with van der Waals surface area (Å²) >= 11 is 0. The van der Waals surface area contributed by atoms with Gasteiger partial charge in [0.25, 0.3) is 0 Å². The van der Waals surface area contributed by atoms with Crippen molar-refractivity contribution in [1.82, 2.24) is 20.4 Å². The zero-order valence-electron chi connectivity index (χ0n) is 14.7. The lowest BCUT2D eigenvalue weighted by atomic mass is 9.75. The van der Waals surface area contributed by atoms with Crippen LogP contribution in [0.5, 0.6) is 0 Å². The number of halogens is 1. The molecule has 2 aromatic rings. The summed E-state index contributed by atoms with van der Waals surface area (Å²) in [5.74, 6) is 1.53. The molecule has 1 unspecified atom stereocenters. The average Bonchev–Trinajstić information content (AvgIpc) is 3.08. The number of likely N-dealkylation sites (N-methyl/N-ethyl adjacent to an activating group) is 1. The van der Waals surface area contributed by atoms with E-state index >= 15 is 0 Å². The molecule has 132 valence electrons. The van der Waals surface area contributed by atoms with E-state index in [9.17, 15) is 0 Å². The third-order valence-electron chi connectivity index (χ3n) is 5.19. The second-order valence-electron chi connectivity index (χ2n) is 6.31. The molecule has 1 N–H and O–H groups in total.